The number of hydrogen-bond donors (Lipinski definition) is 2. The number of esters is 1. The van der Waals surface area contributed by atoms with Crippen LogP contribution in [0, 0.1) is 25.7 Å². The molecule has 1 aromatic rings. The third kappa shape index (κ3) is 3.55. The molecule has 2 atom stereocenters. The van der Waals surface area contributed by atoms with Gasteiger partial charge in [-0.25, -0.2) is 4.79 Å². The van der Waals surface area contributed by atoms with Gasteiger partial charge in [0.1, 0.15) is 11.3 Å². The number of carbonyl (C=O) groups excluding carboxylic acids is 2. The topological polar surface area (TPSA) is 71.2 Å². The molecular formula is C19H28N2O3. The molecular weight excluding hydrogens is 304 g/mol. The Morgan fingerprint density at radius 3 is 2.54 bits per heavy atom. The highest BCUT2D eigenvalue weighted by Gasteiger charge is 2.34. The monoisotopic (exact) mass is 334 g/mol. The van der Waals surface area contributed by atoms with Crippen LogP contribution in [0.3, 0.4) is 0 Å². The van der Waals surface area contributed by atoms with Crippen molar-refractivity contribution >= 4 is 17.9 Å². The van der Waals surface area contributed by atoms with Crippen molar-refractivity contribution in [2.24, 2.45) is 11.8 Å². The second kappa shape index (κ2) is 6.46. The van der Waals surface area contributed by atoms with Gasteiger partial charge in [0.2, 0.25) is 5.91 Å². The number of ether oxygens (including phenoxy) is 1. The van der Waals surface area contributed by atoms with E-state index in [0.29, 0.717) is 29.1 Å². The fourth-order valence-electron chi connectivity index (χ4n) is 2.79. The third-order valence-corrected chi connectivity index (χ3v) is 4.31. The number of rotatable bonds is 3. The predicted molar refractivity (Wildman–Crippen MR) is 94.5 cm³/mol. The Hall–Kier alpha value is -2.04. The molecule has 0 spiro atoms. The van der Waals surface area contributed by atoms with Gasteiger partial charge in [0.05, 0.1) is 1.37 Å². The zero-order valence-electron chi connectivity index (χ0n) is 17.5. The van der Waals surface area contributed by atoms with Crippen LogP contribution in [0.2, 0.25) is 0 Å². The van der Waals surface area contributed by atoms with Crippen LogP contribution in [0.5, 0.6) is 0 Å². The van der Waals surface area contributed by atoms with Crippen molar-refractivity contribution in [3.8, 4) is 0 Å². The molecule has 0 aliphatic carbocycles. The molecule has 1 saturated heterocycles. The molecule has 0 unspecified atom stereocenters. The molecule has 0 bridgehead atoms. The molecule has 2 rings (SSSR count). The zero-order chi connectivity index (χ0) is 20.0. The van der Waals surface area contributed by atoms with Crippen molar-refractivity contribution in [3.05, 3.63) is 28.2 Å². The standard InChI is InChI=1S/C19H28N2O3/c1-8-13-12(4)17(22)21-15(13)9-14-10(2)11(3)16(20-14)18(23)24-19(5,6)7/h9,12-13,20H,8H2,1-7H3,(H,21,22)/b15-9-/t12-,13-/m1/s1/i9D,12D. The van der Waals surface area contributed by atoms with Crippen LogP contribution in [0.15, 0.2) is 5.70 Å². The maximum Gasteiger partial charge on any atom is 0.355 e. The number of H-pyrrole nitrogens is 1. The summed E-state index contributed by atoms with van der Waals surface area (Å²) in [6, 6.07) is 0.108. The van der Waals surface area contributed by atoms with E-state index in [0.717, 1.165) is 5.56 Å². The van der Waals surface area contributed by atoms with Gasteiger partial charge in [0, 0.05) is 24.6 Å². The van der Waals surface area contributed by atoms with Gasteiger partial charge in [-0.05, 0) is 58.2 Å². The Morgan fingerprint density at radius 2 is 2.00 bits per heavy atom. The van der Waals surface area contributed by atoms with Crippen LogP contribution in [-0.4, -0.2) is 22.5 Å². The molecule has 0 radical (unpaired) electrons. The smallest absolute Gasteiger partial charge is 0.355 e. The summed E-state index contributed by atoms with van der Waals surface area (Å²) >= 11 is 0. The highest BCUT2D eigenvalue weighted by atomic mass is 16.6. The van der Waals surface area contributed by atoms with Crippen LogP contribution >= 0.6 is 0 Å². The van der Waals surface area contributed by atoms with Gasteiger partial charge in [-0.3, -0.25) is 4.79 Å². The number of amides is 1. The molecule has 5 nitrogen and oxygen atoms in total. The minimum atomic E-state index is -1.31. The molecule has 1 aromatic heterocycles. The summed E-state index contributed by atoms with van der Waals surface area (Å²) in [6.07, 6.45) is 0.564. The SMILES string of the molecule is [2H]/C(=C1/NC(=O)[C@]([2H])(C)[C@H]1CC)c1[nH]c(C(=O)OC(C)(C)C)c(C)c1C. The fraction of sp³-hybridized carbons (Fsp3) is 0.579. The highest BCUT2D eigenvalue weighted by molar-refractivity contribution is 5.91. The number of hydrogen-bond acceptors (Lipinski definition) is 3. The first-order chi connectivity index (χ1) is 11.8. The lowest BCUT2D eigenvalue weighted by molar-refractivity contribution is -0.122. The summed E-state index contributed by atoms with van der Waals surface area (Å²) in [5.74, 6) is -2.58. The average molecular weight is 334 g/mol. The number of aromatic amines is 1. The summed E-state index contributed by atoms with van der Waals surface area (Å²) in [6.45, 7) is 12.5. The van der Waals surface area contributed by atoms with Crippen molar-refractivity contribution in [1.29, 1.82) is 0 Å². The van der Waals surface area contributed by atoms with E-state index >= 15 is 0 Å². The van der Waals surface area contributed by atoms with E-state index in [1.807, 2.05) is 13.8 Å². The van der Waals surface area contributed by atoms with E-state index in [2.05, 4.69) is 10.3 Å². The molecule has 1 fully saturated rings. The second-order valence-corrected chi connectivity index (χ2v) is 7.26. The Kier molecular flexibility index (Phi) is 4.17. The largest absolute Gasteiger partial charge is 0.455 e. The maximum absolute atomic E-state index is 12.4. The second-order valence-electron chi connectivity index (χ2n) is 7.26. The average Bonchev–Trinajstić information content (AvgIpc) is 2.92. The molecule has 0 aromatic carbocycles. The minimum absolute atomic E-state index is 0.108. The quantitative estimate of drug-likeness (QED) is 0.828. The molecule has 5 heteroatoms. The normalized spacial score (nSPS) is 27.5. The first-order valence-electron chi connectivity index (χ1n) is 9.26. The van der Waals surface area contributed by atoms with Crippen LogP contribution in [0.1, 0.15) is 71.1 Å². The molecule has 24 heavy (non-hydrogen) atoms. The van der Waals surface area contributed by atoms with Crippen molar-refractivity contribution < 1.29 is 17.1 Å². The Bertz CT molecular complexity index is 785. The summed E-state index contributed by atoms with van der Waals surface area (Å²) in [4.78, 5) is 27.6. The molecule has 1 amide bonds. The molecule has 1 aliphatic rings. The minimum Gasteiger partial charge on any atom is -0.455 e. The van der Waals surface area contributed by atoms with Crippen molar-refractivity contribution in [3.63, 3.8) is 0 Å². The predicted octanol–water partition coefficient (Wildman–Crippen LogP) is 3.72. The molecule has 2 N–H and O–H groups in total. The van der Waals surface area contributed by atoms with E-state index in [-0.39, 0.29) is 6.05 Å². The van der Waals surface area contributed by atoms with Gasteiger partial charge in [0.25, 0.3) is 0 Å². The zero-order valence-corrected chi connectivity index (χ0v) is 15.5. The number of nitrogens with one attached hydrogen (secondary N) is 2. The van der Waals surface area contributed by atoms with Crippen molar-refractivity contribution in [1.82, 2.24) is 10.3 Å². The van der Waals surface area contributed by atoms with Gasteiger partial charge in [0.15, 0.2) is 0 Å². The Balaban J connectivity index is 2.51. The summed E-state index contributed by atoms with van der Waals surface area (Å²) in [5, 5.41) is 2.70. The molecule has 2 heterocycles. The Morgan fingerprint density at radius 1 is 1.38 bits per heavy atom. The number of allylic oxidation sites excluding steroid dienone is 1. The molecule has 0 saturated carbocycles. The third-order valence-electron chi connectivity index (χ3n) is 4.31. The molecule has 132 valence electrons. The van der Waals surface area contributed by atoms with Gasteiger partial charge < -0.3 is 15.0 Å². The van der Waals surface area contributed by atoms with Crippen LogP contribution < -0.4 is 5.32 Å². The van der Waals surface area contributed by atoms with E-state index < -0.39 is 29.3 Å². The first kappa shape index (κ1) is 15.5. The van der Waals surface area contributed by atoms with Gasteiger partial charge in [-0.1, -0.05) is 13.8 Å². The lowest BCUT2D eigenvalue weighted by Crippen LogP contribution is -2.24. The fourth-order valence-corrected chi connectivity index (χ4v) is 2.79. The van der Waals surface area contributed by atoms with Gasteiger partial charge in [-0.15, -0.1) is 0 Å². The summed E-state index contributed by atoms with van der Waals surface area (Å²) in [5.41, 5.74) is 2.05. The summed E-state index contributed by atoms with van der Waals surface area (Å²) < 4.78 is 22.3. The highest BCUT2D eigenvalue weighted by Crippen LogP contribution is 2.31. The van der Waals surface area contributed by atoms with Crippen LogP contribution in [0.4, 0.5) is 0 Å². The van der Waals surface area contributed by atoms with E-state index in [4.69, 9.17) is 7.48 Å². The maximum atomic E-state index is 12.4. The van der Waals surface area contributed by atoms with Crippen molar-refractivity contribution in [2.45, 2.75) is 60.5 Å². The number of carbonyl (C=O) groups is 2. The van der Waals surface area contributed by atoms with Crippen LogP contribution in [-0.2, 0) is 9.53 Å². The summed E-state index contributed by atoms with van der Waals surface area (Å²) in [7, 11) is 0. The van der Waals surface area contributed by atoms with Gasteiger partial charge >= 0.3 is 5.97 Å². The number of aromatic nitrogens is 1. The lowest BCUT2D eigenvalue weighted by Gasteiger charge is -2.19. The first-order valence-corrected chi connectivity index (χ1v) is 8.26. The van der Waals surface area contributed by atoms with Gasteiger partial charge in [-0.2, -0.15) is 0 Å². The lowest BCUT2D eigenvalue weighted by atomic mass is 9.92. The van der Waals surface area contributed by atoms with Crippen molar-refractivity contribution in [2.75, 3.05) is 0 Å². The van der Waals surface area contributed by atoms with E-state index in [1.165, 1.54) is 0 Å². The Labute approximate surface area is 146 Å². The van der Waals surface area contributed by atoms with E-state index in [9.17, 15) is 9.59 Å². The van der Waals surface area contributed by atoms with E-state index in [1.54, 1.807) is 34.6 Å². The van der Waals surface area contributed by atoms with Crippen LogP contribution in [0.25, 0.3) is 6.05 Å². The molecule has 1 aliphatic heterocycles.